The highest BCUT2D eigenvalue weighted by Crippen LogP contribution is 2.27. The fraction of sp³-hybridized carbons (Fsp3) is 0.769. The number of carboxylic acid groups (broad SMARTS) is 1. The number of amides is 1. The molecular weight excluding hydrogens is 330 g/mol. The average Bonchev–Trinajstić information content (AvgIpc) is 2.44. The van der Waals surface area contributed by atoms with Gasteiger partial charge >= 0.3 is 5.97 Å². The van der Waals surface area contributed by atoms with E-state index in [-0.39, 0.29) is 25.5 Å². The van der Waals surface area contributed by atoms with Crippen molar-refractivity contribution >= 4 is 51.1 Å². The molecule has 21 heavy (non-hydrogen) atoms. The number of carboxylic acids is 1. The summed E-state index contributed by atoms with van der Waals surface area (Å²) in [6, 6.07) is 0. The summed E-state index contributed by atoms with van der Waals surface area (Å²) in [6.07, 6.45) is 2.35. The number of aliphatic hydroxyl groups excluding tert-OH is 1. The third-order valence-electron chi connectivity index (χ3n) is 2.65. The topological polar surface area (TPSA) is 86.6 Å². The molecule has 0 aromatic carbocycles. The lowest BCUT2D eigenvalue weighted by Gasteiger charge is -2.18. The Labute approximate surface area is 139 Å². The molecule has 0 saturated heterocycles. The number of aliphatic hydroxyl groups is 1. The highest BCUT2D eigenvalue weighted by molar-refractivity contribution is 8.47. The molecule has 0 aliphatic heterocycles. The van der Waals surface area contributed by atoms with Crippen LogP contribution in [0.25, 0.3) is 0 Å². The molecule has 0 bridgehead atoms. The lowest BCUT2D eigenvalue weighted by Crippen LogP contribution is -2.36. The van der Waals surface area contributed by atoms with E-state index >= 15 is 0 Å². The Bertz CT molecular complexity index is 352. The second kappa shape index (κ2) is 12.3. The summed E-state index contributed by atoms with van der Waals surface area (Å²) in [5, 5.41) is 19.8. The second-order valence-electron chi connectivity index (χ2n) is 4.55. The Morgan fingerprint density at radius 2 is 2.05 bits per heavy atom. The Morgan fingerprint density at radius 1 is 1.38 bits per heavy atom. The number of rotatable bonds is 10. The van der Waals surface area contributed by atoms with Crippen LogP contribution in [0.3, 0.4) is 0 Å². The van der Waals surface area contributed by atoms with E-state index in [0.29, 0.717) is 3.53 Å². The number of carbonyl (C=O) groups excluding carboxylic acids is 1. The third kappa shape index (κ3) is 10.1. The Morgan fingerprint density at radius 3 is 2.57 bits per heavy atom. The number of hydrogen-bond acceptors (Lipinski definition) is 6. The third-order valence-corrected chi connectivity index (χ3v) is 5.55. The molecule has 3 N–H and O–H groups in total. The van der Waals surface area contributed by atoms with E-state index < -0.39 is 17.1 Å². The van der Waals surface area contributed by atoms with Crippen molar-refractivity contribution in [1.82, 2.24) is 5.32 Å². The normalized spacial score (nSPS) is 13.5. The monoisotopic (exact) mass is 353 g/mol. The number of thiocarbonyl (C=S) groups is 1. The number of hydrogen-bond donors (Lipinski definition) is 3. The van der Waals surface area contributed by atoms with Gasteiger partial charge in [0.15, 0.2) is 0 Å². The molecule has 0 aliphatic rings. The predicted octanol–water partition coefficient (Wildman–Crippen LogP) is 2.13. The average molecular weight is 354 g/mol. The van der Waals surface area contributed by atoms with Gasteiger partial charge < -0.3 is 15.5 Å². The molecule has 0 rings (SSSR count). The molecule has 2 atom stereocenters. The van der Waals surface area contributed by atoms with Crippen molar-refractivity contribution in [3.05, 3.63) is 0 Å². The largest absolute Gasteiger partial charge is 0.481 e. The van der Waals surface area contributed by atoms with E-state index in [0.717, 1.165) is 18.6 Å². The zero-order valence-corrected chi connectivity index (χ0v) is 14.8. The molecule has 0 fully saturated rings. The highest BCUT2D eigenvalue weighted by atomic mass is 32.2. The lowest BCUT2D eigenvalue weighted by molar-refractivity contribution is -0.141. The van der Waals surface area contributed by atoms with E-state index in [1.165, 1.54) is 23.5 Å². The molecule has 122 valence electrons. The van der Waals surface area contributed by atoms with Gasteiger partial charge in [0.25, 0.3) is 0 Å². The van der Waals surface area contributed by atoms with Crippen molar-refractivity contribution < 1.29 is 19.8 Å². The van der Waals surface area contributed by atoms with Crippen molar-refractivity contribution in [3.8, 4) is 0 Å². The molecule has 0 spiro atoms. The summed E-state index contributed by atoms with van der Waals surface area (Å²) in [5.41, 5.74) is 0. The quantitative estimate of drug-likeness (QED) is 0.410. The molecule has 0 saturated carbocycles. The number of thioether (sulfide) groups is 2. The van der Waals surface area contributed by atoms with Crippen molar-refractivity contribution in [3.63, 3.8) is 0 Å². The summed E-state index contributed by atoms with van der Waals surface area (Å²) < 4.78 is 0.658. The summed E-state index contributed by atoms with van der Waals surface area (Å²) >= 11 is 8.00. The van der Waals surface area contributed by atoms with Gasteiger partial charge in [0.2, 0.25) is 5.91 Å². The fourth-order valence-corrected chi connectivity index (χ4v) is 4.25. The first-order valence-electron chi connectivity index (χ1n) is 6.87. The first-order chi connectivity index (χ1) is 9.92. The van der Waals surface area contributed by atoms with Crippen LogP contribution in [0, 0.1) is 5.92 Å². The maximum Gasteiger partial charge on any atom is 0.306 e. The van der Waals surface area contributed by atoms with Crippen LogP contribution < -0.4 is 5.32 Å². The number of nitrogens with one attached hydrogen (secondary N) is 1. The fourth-order valence-electron chi connectivity index (χ4n) is 1.37. The van der Waals surface area contributed by atoms with Gasteiger partial charge in [-0.05, 0) is 18.6 Å². The minimum Gasteiger partial charge on any atom is -0.481 e. The Kier molecular flexibility index (Phi) is 12.1. The van der Waals surface area contributed by atoms with E-state index in [1.54, 1.807) is 6.92 Å². The maximum absolute atomic E-state index is 12.0. The molecule has 2 unspecified atom stereocenters. The summed E-state index contributed by atoms with van der Waals surface area (Å²) in [4.78, 5) is 23.0. The number of unbranched alkanes of at least 4 members (excludes halogenated alkanes) is 1. The predicted molar refractivity (Wildman–Crippen MR) is 92.9 cm³/mol. The van der Waals surface area contributed by atoms with Crippen LogP contribution in [0.15, 0.2) is 0 Å². The number of carbonyl (C=O) groups is 2. The standard InChI is InChI=1S/C13H23NO4S3/c1-3-4-7-20-13(19)21-10(8-9(2)12(17)18)11(16)14-5-6-15/h9-10,15H,3-8H2,1-2H3,(H,14,16)(H,17,18). The molecule has 1 amide bonds. The van der Waals surface area contributed by atoms with Crippen LogP contribution >= 0.6 is 35.7 Å². The van der Waals surface area contributed by atoms with Gasteiger partial charge in [-0.1, -0.05) is 44.2 Å². The van der Waals surface area contributed by atoms with Gasteiger partial charge in [0.05, 0.1) is 17.8 Å². The minimum absolute atomic E-state index is 0.146. The SMILES string of the molecule is CCCCSC(=S)SC(CC(C)C(=O)O)C(=O)NCCO. The zero-order valence-electron chi connectivity index (χ0n) is 12.3. The first-order valence-corrected chi connectivity index (χ1v) is 9.14. The van der Waals surface area contributed by atoms with Crippen LogP contribution in [-0.4, -0.2) is 49.8 Å². The van der Waals surface area contributed by atoms with Gasteiger partial charge in [-0.3, -0.25) is 9.59 Å². The molecule has 0 radical (unpaired) electrons. The minimum atomic E-state index is -0.930. The molecular formula is C13H23NO4S3. The van der Waals surface area contributed by atoms with Crippen molar-refractivity contribution in [2.45, 2.75) is 38.4 Å². The van der Waals surface area contributed by atoms with Crippen LogP contribution in [0.1, 0.15) is 33.1 Å². The van der Waals surface area contributed by atoms with Crippen LogP contribution in [0.2, 0.25) is 0 Å². The molecule has 0 aromatic heterocycles. The van der Waals surface area contributed by atoms with Crippen LogP contribution in [0.5, 0.6) is 0 Å². The van der Waals surface area contributed by atoms with E-state index in [2.05, 4.69) is 12.2 Å². The Hall–Kier alpha value is -0.310. The van der Waals surface area contributed by atoms with Gasteiger partial charge in [-0.2, -0.15) is 0 Å². The zero-order chi connectivity index (χ0) is 16.3. The summed E-state index contributed by atoms with van der Waals surface area (Å²) in [7, 11) is 0. The van der Waals surface area contributed by atoms with Crippen molar-refractivity contribution in [2.75, 3.05) is 18.9 Å². The van der Waals surface area contributed by atoms with Crippen LogP contribution in [-0.2, 0) is 9.59 Å². The van der Waals surface area contributed by atoms with Crippen LogP contribution in [0.4, 0.5) is 0 Å². The lowest BCUT2D eigenvalue weighted by atomic mass is 10.1. The second-order valence-corrected chi connectivity index (χ2v) is 8.05. The Balaban J connectivity index is 4.52. The first kappa shape index (κ1) is 20.7. The van der Waals surface area contributed by atoms with Gasteiger partial charge in [0.1, 0.15) is 3.53 Å². The van der Waals surface area contributed by atoms with Crippen molar-refractivity contribution in [1.29, 1.82) is 0 Å². The smallest absolute Gasteiger partial charge is 0.306 e. The molecule has 5 nitrogen and oxygen atoms in total. The van der Waals surface area contributed by atoms with Crippen molar-refractivity contribution in [2.24, 2.45) is 5.92 Å². The van der Waals surface area contributed by atoms with Gasteiger partial charge in [-0.15, -0.1) is 11.8 Å². The summed E-state index contributed by atoms with van der Waals surface area (Å²) in [6.45, 7) is 3.68. The molecule has 0 heterocycles. The van der Waals surface area contributed by atoms with E-state index in [9.17, 15) is 9.59 Å². The van der Waals surface area contributed by atoms with E-state index in [4.69, 9.17) is 22.4 Å². The van der Waals surface area contributed by atoms with E-state index in [1.807, 2.05) is 0 Å². The maximum atomic E-state index is 12.0. The van der Waals surface area contributed by atoms with Gasteiger partial charge in [-0.25, -0.2) is 0 Å². The molecule has 0 aliphatic carbocycles. The molecule has 8 heteroatoms. The number of aliphatic carboxylic acids is 1. The van der Waals surface area contributed by atoms with Gasteiger partial charge in [0, 0.05) is 6.54 Å². The summed E-state index contributed by atoms with van der Waals surface area (Å²) in [5.74, 6) is -0.923. The molecule has 0 aromatic rings. The highest BCUT2D eigenvalue weighted by Gasteiger charge is 2.26.